The summed E-state index contributed by atoms with van der Waals surface area (Å²) in [6, 6.07) is 7.42. The average Bonchev–Trinajstić information content (AvgIpc) is 2.85. The Hall–Kier alpha value is -1.88. The molecule has 0 spiro atoms. The molecule has 2 rings (SSSR count). The van der Waals surface area contributed by atoms with Crippen molar-refractivity contribution in [1.82, 2.24) is 10.3 Å². The second-order valence-electron chi connectivity index (χ2n) is 3.96. The molecule has 1 amide bonds. The summed E-state index contributed by atoms with van der Waals surface area (Å²) in [5.41, 5.74) is 10.1. The molecule has 0 saturated carbocycles. The zero-order chi connectivity index (χ0) is 12.8. The molecule has 1 heterocycles. The highest BCUT2D eigenvalue weighted by Gasteiger charge is 2.05. The number of nitrogen functional groups attached to an aromatic ring is 1. The molecule has 0 aliphatic carbocycles. The lowest BCUT2D eigenvalue weighted by atomic mass is 10.1. The van der Waals surface area contributed by atoms with Gasteiger partial charge in [-0.15, -0.1) is 11.3 Å². The van der Waals surface area contributed by atoms with Crippen molar-refractivity contribution < 1.29 is 4.79 Å². The van der Waals surface area contributed by atoms with Gasteiger partial charge in [-0.25, -0.2) is 4.98 Å². The standard InChI is InChI=1S/C13H15N3OS/c14-12-4-2-1-3-10(12)7-13(17)15-6-5-11-8-18-9-16-11/h1-4,8-9H,5-7,14H2,(H,15,17). The maximum Gasteiger partial charge on any atom is 0.224 e. The third kappa shape index (κ3) is 3.56. The molecule has 4 nitrogen and oxygen atoms in total. The molecule has 1 aromatic carbocycles. The first-order valence-electron chi connectivity index (χ1n) is 5.73. The third-order valence-electron chi connectivity index (χ3n) is 2.59. The van der Waals surface area contributed by atoms with Gasteiger partial charge >= 0.3 is 0 Å². The summed E-state index contributed by atoms with van der Waals surface area (Å²) < 4.78 is 0. The van der Waals surface area contributed by atoms with Gasteiger partial charge in [0.1, 0.15) is 0 Å². The largest absolute Gasteiger partial charge is 0.398 e. The Labute approximate surface area is 110 Å². The molecular formula is C13H15N3OS. The Balaban J connectivity index is 1.77. The first kappa shape index (κ1) is 12.6. The molecule has 3 N–H and O–H groups in total. The second-order valence-corrected chi connectivity index (χ2v) is 4.67. The topological polar surface area (TPSA) is 68.0 Å². The number of nitrogens with zero attached hydrogens (tertiary/aromatic N) is 1. The summed E-state index contributed by atoms with van der Waals surface area (Å²) in [4.78, 5) is 15.9. The SMILES string of the molecule is Nc1ccccc1CC(=O)NCCc1cscn1. The fourth-order valence-corrected chi connectivity index (χ4v) is 2.21. The second kappa shape index (κ2) is 6.16. The molecule has 0 bridgehead atoms. The number of amides is 1. The fourth-order valence-electron chi connectivity index (χ4n) is 1.62. The number of carbonyl (C=O) groups is 1. The van der Waals surface area contributed by atoms with E-state index in [1.807, 2.05) is 23.6 Å². The third-order valence-corrected chi connectivity index (χ3v) is 3.23. The first-order chi connectivity index (χ1) is 8.75. The van der Waals surface area contributed by atoms with Crippen molar-refractivity contribution in [2.45, 2.75) is 12.8 Å². The van der Waals surface area contributed by atoms with Crippen molar-refractivity contribution >= 4 is 22.9 Å². The first-order valence-corrected chi connectivity index (χ1v) is 6.67. The minimum absolute atomic E-state index is 0.0110. The van der Waals surface area contributed by atoms with E-state index in [1.165, 1.54) is 0 Å². The molecule has 94 valence electrons. The monoisotopic (exact) mass is 261 g/mol. The Morgan fingerprint density at radius 2 is 2.22 bits per heavy atom. The summed E-state index contributed by atoms with van der Waals surface area (Å²) in [5, 5.41) is 4.85. The predicted octanol–water partition coefficient (Wildman–Crippen LogP) is 1.63. The highest BCUT2D eigenvalue weighted by molar-refractivity contribution is 7.07. The highest BCUT2D eigenvalue weighted by atomic mass is 32.1. The maximum absolute atomic E-state index is 11.7. The van der Waals surface area contributed by atoms with E-state index in [1.54, 1.807) is 22.9 Å². The van der Waals surface area contributed by atoms with Crippen LogP contribution in [0.2, 0.25) is 0 Å². The summed E-state index contributed by atoms with van der Waals surface area (Å²) >= 11 is 1.56. The summed E-state index contributed by atoms with van der Waals surface area (Å²) in [6.07, 6.45) is 1.09. The summed E-state index contributed by atoms with van der Waals surface area (Å²) in [5.74, 6) is -0.0110. The number of nitrogens with one attached hydrogen (secondary N) is 1. The van der Waals surface area contributed by atoms with Gasteiger partial charge in [-0.2, -0.15) is 0 Å². The van der Waals surface area contributed by atoms with Gasteiger partial charge in [0.2, 0.25) is 5.91 Å². The lowest BCUT2D eigenvalue weighted by Gasteiger charge is -2.06. The number of nitrogens with two attached hydrogens (primary N) is 1. The van der Waals surface area contributed by atoms with E-state index < -0.39 is 0 Å². The Morgan fingerprint density at radius 1 is 1.39 bits per heavy atom. The van der Waals surface area contributed by atoms with E-state index in [2.05, 4.69) is 10.3 Å². The smallest absolute Gasteiger partial charge is 0.224 e. The van der Waals surface area contributed by atoms with Crippen LogP contribution in [-0.2, 0) is 17.6 Å². The lowest BCUT2D eigenvalue weighted by Crippen LogP contribution is -2.27. The molecule has 18 heavy (non-hydrogen) atoms. The van der Waals surface area contributed by atoms with Gasteiger partial charge in [0, 0.05) is 24.0 Å². The van der Waals surface area contributed by atoms with E-state index in [0.717, 1.165) is 17.7 Å². The number of thiazole rings is 1. The molecule has 1 aromatic heterocycles. The van der Waals surface area contributed by atoms with Crippen LogP contribution in [0.1, 0.15) is 11.3 Å². The van der Waals surface area contributed by atoms with E-state index in [-0.39, 0.29) is 5.91 Å². The number of anilines is 1. The van der Waals surface area contributed by atoms with Gasteiger partial charge in [-0.1, -0.05) is 18.2 Å². The number of hydrogen-bond acceptors (Lipinski definition) is 4. The van der Waals surface area contributed by atoms with Crippen molar-refractivity contribution in [3.63, 3.8) is 0 Å². The molecule has 0 aliphatic rings. The van der Waals surface area contributed by atoms with Crippen molar-refractivity contribution in [2.24, 2.45) is 0 Å². The number of rotatable bonds is 5. The van der Waals surface area contributed by atoms with E-state index in [4.69, 9.17) is 5.73 Å². The van der Waals surface area contributed by atoms with Crippen LogP contribution in [0.25, 0.3) is 0 Å². The van der Waals surface area contributed by atoms with Crippen LogP contribution < -0.4 is 11.1 Å². The number of hydrogen-bond donors (Lipinski definition) is 2. The van der Waals surface area contributed by atoms with Gasteiger partial charge in [-0.05, 0) is 11.6 Å². The Kier molecular flexibility index (Phi) is 4.30. The molecule has 0 unspecified atom stereocenters. The van der Waals surface area contributed by atoms with Crippen LogP contribution in [0.15, 0.2) is 35.2 Å². The Morgan fingerprint density at radius 3 is 2.94 bits per heavy atom. The van der Waals surface area contributed by atoms with Crippen LogP contribution in [0.4, 0.5) is 5.69 Å². The van der Waals surface area contributed by atoms with Gasteiger partial charge < -0.3 is 11.1 Å². The summed E-state index contributed by atoms with van der Waals surface area (Å²) in [7, 11) is 0. The van der Waals surface area contributed by atoms with Crippen molar-refractivity contribution in [1.29, 1.82) is 0 Å². The average molecular weight is 261 g/mol. The van der Waals surface area contributed by atoms with Crippen molar-refractivity contribution in [3.8, 4) is 0 Å². The predicted molar refractivity (Wildman–Crippen MR) is 73.4 cm³/mol. The molecule has 0 fully saturated rings. The van der Waals surface area contributed by atoms with Gasteiger partial charge in [0.25, 0.3) is 0 Å². The molecular weight excluding hydrogens is 246 g/mol. The van der Waals surface area contributed by atoms with E-state index in [9.17, 15) is 4.79 Å². The zero-order valence-electron chi connectivity index (χ0n) is 9.93. The Bertz CT molecular complexity index is 511. The van der Waals surface area contributed by atoms with Crippen molar-refractivity contribution in [3.05, 3.63) is 46.4 Å². The minimum Gasteiger partial charge on any atom is -0.398 e. The van der Waals surface area contributed by atoms with Crippen LogP contribution in [0.3, 0.4) is 0 Å². The number of carbonyl (C=O) groups excluding carboxylic acids is 1. The van der Waals surface area contributed by atoms with Crippen LogP contribution in [-0.4, -0.2) is 17.4 Å². The molecule has 0 aliphatic heterocycles. The fraction of sp³-hybridized carbons (Fsp3) is 0.231. The minimum atomic E-state index is -0.0110. The molecule has 5 heteroatoms. The zero-order valence-corrected chi connectivity index (χ0v) is 10.7. The van der Waals surface area contributed by atoms with Gasteiger partial charge in [-0.3, -0.25) is 4.79 Å². The van der Waals surface area contributed by atoms with E-state index in [0.29, 0.717) is 18.7 Å². The molecule has 0 saturated heterocycles. The van der Waals surface area contributed by atoms with Crippen LogP contribution >= 0.6 is 11.3 Å². The molecule has 0 atom stereocenters. The van der Waals surface area contributed by atoms with E-state index >= 15 is 0 Å². The quantitative estimate of drug-likeness (QED) is 0.804. The lowest BCUT2D eigenvalue weighted by molar-refractivity contribution is -0.120. The van der Waals surface area contributed by atoms with Crippen molar-refractivity contribution in [2.75, 3.05) is 12.3 Å². The van der Waals surface area contributed by atoms with Crippen LogP contribution in [0.5, 0.6) is 0 Å². The number of aromatic nitrogens is 1. The van der Waals surface area contributed by atoms with Gasteiger partial charge in [0.05, 0.1) is 17.6 Å². The number of para-hydroxylation sites is 1. The number of benzene rings is 1. The van der Waals surface area contributed by atoms with Gasteiger partial charge in [0.15, 0.2) is 0 Å². The maximum atomic E-state index is 11.7. The summed E-state index contributed by atoms with van der Waals surface area (Å²) in [6.45, 7) is 0.606. The highest BCUT2D eigenvalue weighted by Crippen LogP contribution is 2.10. The molecule has 0 radical (unpaired) electrons. The normalized spacial score (nSPS) is 10.2. The van der Waals surface area contributed by atoms with Crippen LogP contribution in [0, 0.1) is 0 Å². The molecule has 2 aromatic rings.